The molecule has 0 aliphatic rings. The molecule has 10 heteroatoms. The van der Waals surface area contributed by atoms with Crippen molar-refractivity contribution in [2.45, 2.75) is 38.5 Å². The second-order valence-electron chi connectivity index (χ2n) is 4.46. The Morgan fingerprint density at radius 1 is 0.462 bits per heavy atom. The van der Waals surface area contributed by atoms with Crippen LogP contribution in [0, 0.1) is 0 Å². The van der Waals surface area contributed by atoms with E-state index in [1.807, 2.05) is 0 Å². The van der Waals surface area contributed by atoms with Crippen LogP contribution < -0.4 is 0 Å². The SMILES string of the molecule is O=C=NCCCCN=C=O.O=C=NCCCCN=C=O.OCCCCO. The lowest BCUT2D eigenvalue weighted by Crippen LogP contribution is -1.85. The Hall–Kier alpha value is -2.56. The first kappa shape index (κ1) is 28.3. The third-order valence-corrected chi connectivity index (χ3v) is 2.40. The van der Waals surface area contributed by atoms with Crippen molar-refractivity contribution in [2.75, 3.05) is 39.4 Å². The highest BCUT2D eigenvalue weighted by Crippen LogP contribution is 1.88. The van der Waals surface area contributed by atoms with Crippen LogP contribution in [0.15, 0.2) is 20.0 Å². The third kappa shape index (κ3) is 43.0. The molecule has 0 aromatic heterocycles. The number of isocyanates is 4. The first-order valence-electron chi connectivity index (χ1n) is 8.11. The molecule has 0 aromatic carbocycles. The van der Waals surface area contributed by atoms with Gasteiger partial charge in [0.15, 0.2) is 0 Å². The van der Waals surface area contributed by atoms with Gasteiger partial charge >= 0.3 is 0 Å². The minimum absolute atomic E-state index is 0.195. The van der Waals surface area contributed by atoms with E-state index in [1.165, 1.54) is 24.3 Å². The Balaban J connectivity index is -0.000000316. The van der Waals surface area contributed by atoms with Crippen LogP contribution in [-0.2, 0) is 19.2 Å². The number of aliphatic hydroxyl groups excluding tert-OH is 2. The number of hydrogen-bond donors (Lipinski definition) is 2. The van der Waals surface area contributed by atoms with Crippen molar-refractivity contribution in [3.8, 4) is 0 Å². The van der Waals surface area contributed by atoms with E-state index in [0.29, 0.717) is 26.2 Å². The van der Waals surface area contributed by atoms with Gasteiger partial charge in [0.1, 0.15) is 0 Å². The standard InChI is InChI=1S/2C6H8N2O2.C4H10O2/c2*9-5-7-3-1-2-4-8-6-10;5-3-1-2-4-6/h2*1-4H2;5-6H,1-4H2. The summed E-state index contributed by atoms with van der Waals surface area (Å²) in [5.74, 6) is 0. The zero-order valence-electron chi connectivity index (χ0n) is 14.8. The Kier molecular flexibility index (Phi) is 36.9. The van der Waals surface area contributed by atoms with Gasteiger partial charge in [-0.3, -0.25) is 0 Å². The highest BCUT2D eigenvalue weighted by atomic mass is 16.3. The summed E-state index contributed by atoms with van der Waals surface area (Å²) in [6, 6.07) is 0. The molecule has 0 heterocycles. The lowest BCUT2D eigenvalue weighted by molar-refractivity contribution is 0.242. The van der Waals surface area contributed by atoms with E-state index >= 15 is 0 Å². The lowest BCUT2D eigenvalue weighted by Gasteiger charge is -1.87. The minimum atomic E-state index is 0.195. The number of nitrogens with zero attached hydrogens (tertiary/aromatic N) is 4. The maximum absolute atomic E-state index is 9.52. The number of unbranched alkanes of at least 4 members (excludes halogenated alkanes) is 3. The van der Waals surface area contributed by atoms with E-state index < -0.39 is 0 Å². The number of hydrogen-bond acceptors (Lipinski definition) is 10. The van der Waals surface area contributed by atoms with Crippen molar-refractivity contribution in [3.05, 3.63) is 0 Å². The Morgan fingerprint density at radius 3 is 0.846 bits per heavy atom. The maximum Gasteiger partial charge on any atom is 0.234 e. The molecule has 0 saturated carbocycles. The highest BCUT2D eigenvalue weighted by Gasteiger charge is 1.84. The predicted molar refractivity (Wildman–Crippen MR) is 93.8 cm³/mol. The van der Waals surface area contributed by atoms with Crippen molar-refractivity contribution in [3.63, 3.8) is 0 Å². The molecular weight excluding hydrogens is 344 g/mol. The molecule has 10 nitrogen and oxygen atoms in total. The number of aliphatic imine (C=N–C) groups is 4. The molecule has 0 spiro atoms. The van der Waals surface area contributed by atoms with Gasteiger partial charge < -0.3 is 10.2 Å². The summed E-state index contributed by atoms with van der Waals surface area (Å²) in [5.41, 5.74) is 0. The van der Waals surface area contributed by atoms with Gasteiger partial charge in [-0.15, -0.1) is 0 Å². The molecule has 0 saturated heterocycles. The van der Waals surface area contributed by atoms with Gasteiger partial charge in [-0.05, 0) is 38.5 Å². The fraction of sp³-hybridized carbons (Fsp3) is 0.750. The fourth-order valence-corrected chi connectivity index (χ4v) is 1.17. The van der Waals surface area contributed by atoms with Crippen LogP contribution in [0.5, 0.6) is 0 Å². The van der Waals surface area contributed by atoms with Crippen molar-refractivity contribution in [1.29, 1.82) is 0 Å². The normalized spacial score (nSPS) is 7.92. The fourth-order valence-electron chi connectivity index (χ4n) is 1.17. The second kappa shape index (κ2) is 33.9. The third-order valence-electron chi connectivity index (χ3n) is 2.40. The first-order chi connectivity index (χ1) is 12.7. The van der Waals surface area contributed by atoms with Gasteiger partial charge in [0, 0.05) is 13.2 Å². The van der Waals surface area contributed by atoms with Crippen LogP contribution in [0.25, 0.3) is 0 Å². The van der Waals surface area contributed by atoms with Crippen LogP contribution >= 0.6 is 0 Å². The first-order valence-corrected chi connectivity index (χ1v) is 8.11. The lowest BCUT2D eigenvalue weighted by atomic mass is 10.3. The zero-order chi connectivity index (χ0) is 20.1. The van der Waals surface area contributed by atoms with Crippen LogP contribution in [0.4, 0.5) is 0 Å². The van der Waals surface area contributed by atoms with Crippen molar-refractivity contribution < 1.29 is 29.4 Å². The molecule has 0 rings (SSSR count). The van der Waals surface area contributed by atoms with E-state index in [0.717, 1.165) is 38.5 Å². The molecule has 0 unspecified atom stereocenters. The maximum atomic E-state index is 9.52. The Bertz CT molecular complexity index is 391. The zero-order valence-corrected chi connectivity index (χ0v) is 14.8. The van der Waals surface area contributed by atoms with Crippen LogP contribution in [0.3, 0.4) is 0 Å². The highest BCUT2D eigenvalue weighted by molar-refractivity contribution is 5.33. The average Bonchev–Trinajstić information content (AvgIpc) is 2.67. The van der Waals surface area contributed by atoms with Crippen LogP contribution in [0.2, 0.25) is 0 Å². The molecule has 0 aliphatic carbocycles. The Morgan fingerprint density at radius 2 is 0.692 bits per heavy atom. The molecule has 0 fully saturated rings. The number of rotatable bonds is 13. The van der Waals surface area contributed by atoms with E-state index in [4.69, 9.17) is 10.2 Å². The van der Waals surface area contributed by atoms with Crippen LogP contribution in [0.1, 0.15) is 38.5 Å². The topological polar surface area (TPSA) is 158 Å². The summed E-state index contributed by atoms with van der Waals surface area (Å²) in [6.07, 6.45) is 10.2. The van der Waals surface area contributed by atoms with E-state index in [2.05, 4.69) is 20.0 Å². The van der Waals surface area contributed by atoms with E-state index in [-0.39, 0.29) is 13.2 Å². The predicted octanol–water partition coefficient (Wildman–Crippen LogP) is 0.628. The molecule has 0 aromatic rings. The van der Waals surface area contributed by atoms with Crippen molar-refractivity contribution in [2.24, 2.45) is 20.0 Å². The van der Waals surface area contributed by atoms with Gasteiger partial charge in [0.2, 0.25) is 24.3 Å². The van der Waals surface area contributed by atoms with Crippen molar-refractivity contribution >= 4 is 24.3 Å². The van der Waals surface area contributed by atoms with Gasteiger partial charge in [0.25, 0.3) is 0 Å². The number of carbonyl (C=O) groups excluding carboxylic acids is 4. The van der Waals surface area contributed by atoms with Crippen molar-refractivity contribution in [1.82, 2.24) is 0 Å². The molecule has 0 amide bonds. The summed E-state index contributed by atoms with van der Waals surface area (Å²) >= 11 is 0. The number of aliphatic hydroxyl groups is 2. The van der Waals surface area contributed by atoms with Gasteiger partial charge in [-0.2, -0.15) is 0 Å². The molecule has 26 heavy (non-hydrogen) atoms. The summed E-state index contributed by atoms with van der Waals surface area (Å²) in [7, 11) is 0. The monoisotopic (exact) mass is 370 g/mol. The summed E-state index contributed by atoms with van der Waals surface area (Å²) in [4.78, 5) is 51.4. The molecule has 0 aliphatic heterocycles. The molecular formula is C16H26N4O6. The van der Waals surface area contributed by atoms with E-state index in [1.54, 1.807) is 0 Å². The molecule has 0 bridgehead atoms. The smallest absolute Gasteiger partial charge is 0.234 e. The van der Waals surface area contributed by atoms with Gasteiger partial charge in [-0.25, -0.2) is 39.1 Å². The molecule has 146 valence electrons. The van der Waals surface area contributed by atoms with Gasteiger partial charge in [-0.1, -0.05) is 0 Å². The summed E-state index contributed by atoms with van der Waals surface area (Å²) in [6.45, 7) is 2.27. The summed E-state index contributed by atoms with van der Waals surface area (Å²) in [5, 5.41) is 16.2. The quantitative estimate of drug-likeness (QED) is 0.275. The van der Waals surface area contributed by atoms with Gasteiger partial charge in [0.05, 0.1) is 26.2 Å². The molecule has 0 atom stereocenters. The Labute approximate surface area is 152 Å². The largest absolute Gasteiger partial charge is 0.396 e. The average molecular weight is 370 g/mol. The minimum Gasteiger partial charge on any atom is -0.396 e. The van der Waals surface area contributed by atoms with Crippen LogP contribution in [-0.4, -0.2) is 73.9 Å². The van der Waals surface area contributed by atoms with E-state index in [9.17, 15) is 19.2 Å². The second-order valence-corrected chi connectivity index (χ2v) is 4.46. The molecule has 0 radical (unpaired) electrons. The summed E-state index contributed by atoms with van der Waals surface area (Å²) < 4.78 is 0. The molecule has 2 N–H and O–H groups in total.